The van der Waals surface area contributed by atoms with Gasteiger partial charge in [-0.15, -0.1) is 0 Å². The summed E-state index contributed by atoms with van der Waals surface area (Å²) in [5, 5.41) is 0. The summed E-state index contributed by atoms with van der Waals surface area (Å²) < 4.78 is 40.0. The number of alkyl halides is 3. The number of hydrogen-bond donors (Lipinski definition) is 0. The molecular weight excluding hydrogens is 257 g/mol. The average Bonchev–Trinajstić information content (AvgIpc) is 2.32. The Morgan fingerprint density at radius 1 is 1.05 bits per heavy atom. The number of ether oxygens (including phenoxy) is 1. The van der Waals surface area contributed by atoms with Crippen molar-refractivity contribution < 1.29 is 22.7 Å². The number of hydrogen-bond acceptors (Lipinski definition) is 2. The molecule has 0 saturated carbocycles. The SMILES string of the molecule is CCCCCCCCOC(=O)/C=C/C=C/C(F)(F)F. The van der Waals surface area contributed by atoms with Crippen molar-refractivity contribution in [3.8, 4) is 0 Å². The first kappa shape index (κ1) is 17.7. The zero-order valence-electron chi connectivity index (χ0n) is 11.2. The van der Waals surface area contributed by atoms with Gasteiger partial charge >= 0.3 is 12.1 Å². The lowest BCUT2D eigenvalue weighted by Gasteiger charge is -2.01. The van der Waals surface area contributed by atoms with Gasteiger partial charge in [0.25, 0.3) is 0 Å². The number of rotatable bonds is 9. The van der Waals surface area contributed by atoms with Crippen LogP contribution in [0.25, 0.3) is 0 Å². The summed E-state index contributed by atoms with van der Waals surface area (Å²) in [6.07, 6.45) is 4.99. The van der Waals surface area contributed by atoms with Crippen LogP contribution < -0.4 is 0 Å². The van der Waals surface area contributed by atoms with Crippen molar-refractivity contribution in [3.05, 3.63) is 24.3 Å². The monoisotopic (exact) mass is 278 g/mol. The molecule has 0 heterocycles. The van der Waals surface area contributed by atoms with E-state index in [0.717, 1.165) is 37.5 Å². The molecule has 0 unspecified atom stereocenters. The molecule has 0 aliphatic heterocycles. The van der Waals surface area contributed by atoms with E-state index in [9.17, 15) is 18.0 Å². The molecule has 0 bridgehead atoms. The standard InChI is InChI=1S/C14H21F3O2/c1-2-3-4-5-6-9-12-19-13(18)10-7-8-11-14(15,16)17/h7-8,10-11H,2-6,9,12H2,1H3/b10-7+,11-8+. The molecule has 0 saturated heterocycles. The van der Waals surface area contributed by atoms with Crippen LogP contribution in [0.3, 0.4) is 0 Å². The van der Waals surface area contributed by atoms with Crippen molar-refractivity contribution in [1.82, 2.24) is 0 Å². The van der Waals surface area contributed by atoms with E-state index in [1.165, 1.54) is 19.3 Å². The fourth-order valence-corrected chi connectivity index (χ4v) is 1.40. The van der Waals surface area contributed by atoms with Crippen molar-refractivity contribution >= 4 is 5.97 Å². The Bertz CT molecular complexity index is 294. The van der Waals surface area contributed by atoms with E-state index in [0.29, 0.717) is 6.61 Å². The molecule has 0 aromatic heterocycles. The fraction of sp³-hybridized carbons (Fsp3) is 0.643. The predicted molar refractivity (Wildman–Crippen MR) is 68.7 cm³/mol. The molecule has 0 N–H and O–H groups in total. The molecule has 0 aliphatic rings. The topological polar surface area (TPSA) is 26.3 Å². The van der Waals surface area contributed by atoms with E-state index in [2.05, 4.69) is 6.92 Å². The summed E-state index contributed by atoms with van der Waals surface area (Å²) in [4.78, 5) is 11.1. The molecule has 0 aromatic rings. The molecule has 0 rings (SSSR count). The van der Waals surface area contributed by atoms with Crippen LogP contribution >= 0.6 is 0 Å². The van der Waals surface area contributed by atoms with Crippen molar-refractivity contribution in [2.75, 3.05) is 6.61 Å². The van der Waals surface area contributed by atoms with Crippen molar-refractivity contribution in [2.24, 2.45) is 0 Å². The highest BCUT2D eigenvalue weighted by Crippen LogP contribution is 2.15. The highest BCUT2D eigenvalue weighted by molar-refractivity contribution is 5.82. The van der Waals surface area contributed by atoms with Gasteiger partial charge in [-0.05, 0) is 6.42 Å². The maximum atomic E-state index is 11.7. The van der Waals surface area contributed by atoms with Crippen molar-refractivity contribution in [1.29, 1.82) is 0 Å². The Labute approximate surface area is 112 Å². The third-order valence-corrected chi connectivity index (χ3v) is 2.37. The second kappa shape index (κ2) is 10.6. The van der Waals surface area contributed by atoms with Gasteiger partial charge in [0.1, 0.15) is 0 Å². The molecule has 0 atom stereocenters. The lowest BCUT2D eigenvalue weighted by atomic mass is 10.1. The number of allylic oxidation sites excluding steroid dienone is 3. The van der Waals surface area contributed by atoms with Crippen LogP contribution in [-0.2, 0) is 9.53 Å². The van der Waals surface area contributed by atoms with Gasteiger partial charge in [-0.1, -0.05) is 51.2 Å². The largest absolute Gasteiger partial charge is 0.463 e. The van der Waals surface area contributed by atoms with E-state index in [1.54, 1.807) is 0 Å². The van der Waals surface area contributed by atoms with Crippen LogP contribution in [0.15, 0.2) is 24.3 Å². The number of carbonyl (C=O) groups excluding carboxylic acids is 1. The van der Waals surface area contributed by atoms with E-state index in [4.69, 9.17) is 4.74 Å². The minimum Gasteiger partial charge on any atom is -0.463 e. The fourth-order valence-electron chi connectivity index (χ4n) is 1.40. The molecule has 0 amide bonds. The lowest BCUT2D eigenvalue weighted by molar-refractivity contribution is -0.137. The lowest BCUT2D eigenvalue weighted by Crippen LogP contribution is -2.02. The van der Waals surface area contributed by atoms with Gasteiger partial charge in [0.15, 0.2) is 0 Å². The first-order valence-corrected chi connectivity index (χ1v) is 6.55. The van der Waals surface area contributed by atoms with Crippen LogP contribution in [0, 0.1) is 0 Å². The molecule has 0 radical (unpaired) electrons. The van der Waals surface area contributed by atoms with Crippen molar-refractivity contribution in [2.45, 2.75) is 51.6 Å². The first-order chi connectivity index (χ1) is 8.95. The second-order valence-electron chi connectivity index (χ2n) is 4.20. The Morgan fingerprint density at radius 3 is 2.32 bits per heavy atom. The molecular formula is C14H21F3O2. The van der Waals surface area contributed by atoms with Gasteiger partial charge in [-0.3, -0.25) is 0 Å². The quantitative estimate of drug-likeness (QED) is 0.267. The van der Waals surface area contributed by atoms with E-state index in [1.807, 2.05) is 0 Å². The Morgan fingerprint density at radius 2 is 1.68 bits per heavy atom. The van der Waals surface area contributed by atoms with Crippen LogP contribution in [0.1, 0.15) is 45.4 Å². The van der Waals surface area contributed by atoms with Gasteiger partial charge in [-0.2, -0.15) is 13.2 Å². The van der Waals surface area contributed by atoms with Crippen LogP contribution in [0.5, 0.6) is 0 Å². The summed E-state index contributed by atoms with van der Waals surface area (Å²) in [5.74, 6) is -0.611. The average molecular weight is 278 g/mol. The third kappa shape index (κ3) is 14.7. The summed E-state index contributed by atoms with van der Waals surface area (Å²) in [6.45, 7) is 2.46. The third-order valence-electron chi connectivity index (χ3n) is 2.37. The highest BCUT2D eigenvalue weighted by Gasteiger charge is 2.21. The van der Waals surface area contributed by atoms with Crippen molar-refractivity contribution in [3.63, 3.8) is 0 Å². The van der Waals surface area contributed by atoms with Gasteiger partial charge in [0.2, 0.25) is 0 Å². The number of halogens is 3. The maximum Gasteiger partial charge on any atom is 0.409 e. The Balaban J connectivity index is 3.54. The van der Waals surface area contributed by atoms with Gasteiger partial charge < -0.3 is 4.74 Å². The highest BCUT2D eigenvalue weighted by atomic mass is 19.4. The number of carbonyl (C=O) groups is 1. The van der Waals surface area contributed by atoms with Crippen LogP contribution in [-0.4, -0.2) is 18.8 Å². The van der Waals surface area contributed by atoms with Crippen LogP contribution in [0.4, 0.5) is 13.2 Å². The number of esters is 1. The molecule has 0 fully saturated rings. The molecule has 0 spiro atoms. The minimum absolute atomic E-state index is 0.0600. The molecule has 110 valence electrons. The van der Waals surface area contributed by atoms with Gasteiger partial charge in [-0.25, -0.2) is 4.79 Å². The number of unbranched alkanes of at least 4 members (excludes halogenated alkanes) is 5. The summed E-state index contributed by atoms with van der Waals surface area (Å²) in [7, 11) is 0. The second-order valence-corrected chi connectivity index (χ2v) is 4.20. The maximum absolute atomic E-state index is 11.7. The first-order valence-electron chi connectivity index (χ1n) is 6.55. The summed E-state index contributed by atoms with van der Waals surface area (Å²) in [6, 6.07) is 0. The van der Waals surface area contributed by atoms with Crippen LogP contribution in [0.2, 0.25) is 0 Å². The predicted octanol–water partition coefficient (Wildman–Crippen LogP) is 4.56. The Hall–Kier alpha value is -1.26. The molecule has 0 aromatic carbocycles. The summed E-state index contributed by atoms with van der Waals surface area (Å²) in [5.41, 5.74) is 0. The molecule has 0 aliphatic carbocycles. The molecule has 5 heteroatoms. The molecule has 2 nitrogen and oxygen atoms in total. The van der Waals surface area contributed by atoms with Gasteiger partial charge in [0, 0.05) is 12.2 Å². The van der Waals surface area contributed by atoms with E-state index < -0.39 is 12.1 Å². The zero-order chi connectivity index (χ0) is 14.6. The Kier molecular flexibility index (Phi) is 9.94. The molecule has 19 heavy (non-hydrogen) atoms. The smallest absolute Gasteiger partial charge is 0.409 e. The van der Waals surface area contributed by atoms with E-state index in [-0.39, 0.29) is 6.08 Å². The minimum atomic E-state index is -4.35. The zero-order valence-corrected chi connectivity index (χ0v) is 11.2. The summed E-state index contributed by atoms with van der Waals surface area (Å²) >= 11 is 0. The van der Waals surface area contributed by atoms with Gasteiger partial charge in [0.05, 0.1) is 6.61 Å². The van der Waals surface area contributed by atoms with E-state index >= 15 is 0 Å². The normalized spacial score (nSPS) is 12.4.